The van der Waals surface area contributed by atoms with Gasteiger partial charge in [0.15, 0.2) is 5.82 Å². The third-order valence-electron chi connectivity index (χ3n) is 4.61. The molecule has 2 aromatic heterocycles. The average molecular weight is 328 g/mol. The molecule has 0 spiro atoms. The minimum atomic E-state index is 0.0855. The van der Waals surface area contributed by atoms with Crippen LogP contribution in [0.3, 0.4) is 0 Å². The zero-order valence-corrected chi connectivity index (χ0v) is 14.1. The molecule has 3 heterocycles. The van der Waals surface area contributed by atoms with Gasteiger partial charge in [0.05, 0.1) is 0 Å². The molecule has 128 valence electrons. The Morgan fingerprint density at radius 3 is 3.12 bits per heavy atom. The van der Waals surface area contributed by atoms with E-state index < -0.39 is 0 Å². The molecule has 0 unspecified atom stereocenters. The number of aromatic nitrogens is 4. The summed E-state index contributed by atoms with van der Waals surface area (Å²) in [5, 5.41) is 7.10. The molecule has 1 fully saturated rings. The van der Waals surface area contributed by atoms with Crippen molar-refractivity contribution in [3.8, 4) is 5.82 Å². The summed E-state index contributed by atoms with van der Waals surface area (Å²) in [6.45, 7) is 1.59. The molecule has 2 aromatic rings. The molecule has 1 atom stereocenters. The summed E-state index contributed by atoms with van der Waals surface area (Å²) in [6.07, 6.45) is 10.0. The molecule has 0 aliphatic carbocycles. The summed E-state index contributed by atoms with van der Waals surface area (Å²) < 4.78 is 1.61. The van der Waals surface area contributed by atoms with Crippen LogP contribution in [0.4, 0.5) is 0 Å². The van der Waals surface area contributed by atoms with Crippen LogP contribution in [-0.2, 0) is 11.3 Å². The maximum absolute atomic E-state index is 12.2. The van der Waals surface area contributed by atoms with Crippen LogP contribution >= 0.6 is 0 Å². The van der Waals surface area contributed by atoms with Crippen molar-refractivity contribution in [1.29, 1.82) is 0 Å². The van der Waals surface area contributed by atoms with Crippen molar-refractivity contribution in [3.05, 3.63) is 36.5 Å². The van der Waals surface area contributed by atoms with Crippen molar-refractivity contribution < 1.29 is 4.79 Å². The van der Waals surface area contributed by atoms with E-state index in [0.29, 0.717) is 24.8 Å². The number of carbonyl (C=O) groups is 1. The van der Waals surface area contributed by atoms with Crippen LogP contribution in [0, 0.1) is 0 Å². The molecule has 1 amide bonds. The van der Waals surface area contributed by atoms with Crippen molar-refractivity contribution in [2.45, 2.75) is 44.7 Å². The molecule has 1 saturated heterocycles. The van der Waals surface area contributed by atoms with E-state index in [4.69, 9.17) is 0 Å². The maximum atomic E-state index is 12.2. The number of pyridine rings is 1. The van der Waals surface area contributed by atoms with Crippen molar-refractivity contribution in [2.75, 3.05) is 13.6 Å². The van der Waals surface area contributed by atoms with E-state index in [1.54, 1.807) is 17.2 Å². The van der Waals surface area contributed by atoms with E-state index in [-0.39, 0.29) is 5.91 Å². The quantitative estimate of drug-likeness (QED) is 0.870. The molecule has 1 aliphatic rings. The van der Waals surface area contributed by atoms with E-state index in [1.807, 2.05) is 12.1 Å². The summed E-state index contributed by atoms with van der Waals surface area (Å²) >= 11 is 0. The molecule has 1 aliphatic heterocycles. The molecule has 7 heteroatoms. The highest BCUT2D eigenvalue weighted by Gasteiger charge is 2.19. The second-order valence-corrected chi connectivity index (χ2v) is 6.27. The average Bonchev–Trinajstić information content (AvgIpc) is 3.14. The van der Waals surface area contributed by atoms with Gasteiger partial charge in [-0.1, -0.05) is 12.5 Å². The fourth-order valence-electron chi connectivity index (χ4n) is 3.18. The van der Waals surface area contributed by atoms with Gasteiger partial charge in [0.1, 0.15) is 12.7 Å². The van der Waals surface area contributed by atoms with Gasteiger partial charge in [0, 0.05) is 30.8 Å². The normalized spacial score (nSPS) is 18.5. The SMILES string of the molecule is CN1CCCC[C@@H]1CCC(=O)NCc1cccnc1-n1cncn1. The van der Waals surface area contributed by atoms with E-state index in [2.05, 4.69) is 32.3 Å². The first kappa shape index (κ1) is 16.6. The van der Waals surface area contributed by atoms with Gasteiger partial charge in [-0.25, -0.2) is 14.6 Å². The number of nitrogens with zero attached hydrogens (tertiary/aromatic N) is 5. The fourth-order valence-corrected chi connectivity index (χ4v) is 3.18. The van der Waals surface area contributed by atoms with Gasteiger partial charge >= 0.3 is 0 Å². The van der Waals surface area contributed by atoms with Gasteiger partial charge < -0.3 is 10.2 Å². The topological polar surface area (TPSA) is 75.9 Å². The lowest BCUT2D eigenvalue weighted by atomic mass is 9.98. The molecular weight excluding hydrogens is 304 g/mol. The molecule has 1 N–H and O–H groups in total. The van der Waals surface area contributed by atoms with E-state index in [9.17, 15) is 4.79 Å². The van der Waals surface area contributed by atoms with Gasteiger partial charge in [-0.15, -0.1) is 0 Å². The number of likely N-dealkylation sites (tertiary alicyclic amines) is 1. The van der Waals surface area contributed by atoms with Gasteiger partial charge in [0.2, 0.25) is 5.91 Å². The summed E-state index contributed by atoms with van der Waals surface area (Å²) in [5.74, 6) is 0.782. The number of amides is 1. The summed E-state index contributed by atoms with van der Waals surface area (Å²) in [7, 11) is 2.15. The van der Waals surface area contributed by atoms with Crippen LogP contribution in [0.5, 0.6) is 0 Å². The fraction of sp³-hybridized carbons (Fsp3) is 0.529. The molecule has 0 radical (unpaired) electrons. The van der Waals surface area contributed by atoms with E-state index in [0.717, 1.165) is 18.5 Å². The molecule has 7 nitrogen and oxygen atoms in total. The van der Waals surface area contributed by atoms with Crippen molar-refractivity contribution in [1.82, 2.24) is 30.0 Å². The van der Waals surface area contributed by atoms with Gasteiger partial charge in [-0.2, -0.15) is 5.10 Å². The van der Waals surface area contributed by atoms with Crippen LogP contribution in [0.2, 0.25) is 0 Å². The molecule has 3 rings (SSSR count). The Kier molecular flexibility index (Phi) is 5.53. The second kappa shape index (κ2) is 8.01. The monoisotopic (exact) mass is 328 g/mol. The first-order chi connectivity index (χ1) is 11.7. The summed E-state index contributed by atoms with van der Waals surface area (Å²) in [6, 6.07) is 4.34. The molecule has 0 bridgehead atoms. The lowest BCUT2D eigenvalue weighted by molar-refractivity contribution is -0.121. The minimum Gasteiger partial charge on any atom is -0.352 e. The third-order valence-corrected chi connectivity index (χ3v) is 4.61. The van der Waals surface area contributed by atoms with Crippen molar-refractivity contribution >= 4 is 5.91 Å². The van der Waals surface area contributed by atoms with Gasteiger partial charge in [0.25, 0.3) is 0 Å². The zero-order valence-electron chi connectivity index (χ0n) is 14.1. The molecule has 0 saturated carbocycles. The smallest absolute Gasteiger partial charge is 0.220 e. The van der Waals surface area contributed by atoms with Crippen LogP contribution in [0.25, 0.3) is 5.82 Å². The number of nitrogens with one attached hydrogen (secondary N) is 1. The highest BCUT2D eigenvalue weighted by Crippen LogP contribution is 2.19. The van der Waals surface area contributed by atoms with Crippen molar-refractivity contribution in [3.63, 3.8) is 0 Å². The van der Waals surface area contributed by atoms with Crippen LogP contribution in [0.15, 0.2) is 31.0 Å². The number of carbonyl (C=O) groups excluding carboxylic acids is 1. The number of rotatable bonds is 6. The summed E-state index contributed by atoms with van der Waals surface area (Å²) in [5.41, 5.74) is 0.922. The first-order valence-corrected chi connectivity index (χ1v) is 8.50. The van der Waals surface area contributed by atoms with Gasteiger partial charge in [-0.3, -0.25) is 4.79 Å². The molecular formula is C17H24N6O. The molecule has 24 heavy (non-hydrogen) atoms. The Labute approximate surface area is 142 Å². The number of hydrogen-bond acceptors (Lipinski definition) is 5. The number of hydrogen-bond donors (Lipinski definition) is 1. The predicted molar refractivity (Wildman–Crippen MR) is 90.5 cm³/mol. The summed E-state index contributed by atoms with van der Waals surface area (Å²) in [4.78, 5) is 22.8. The number of piperidine rings is 1. The standard InChI is InChI=1S/C17H24N6O/c1-22-10-3-2-6-15(22)7-8-16(24)20-11-14-5-4-9-19-17(14)23-13-18-12-21-23/h4-5,9,12-13,15H,2-3,6-8,10-11H2,1H3,(H,20,24)/t15-/m1/s1. The van der Waals surface area contributed by atoms with Crippen LogP contribution in [-0.4, -0.2) is 50.2 Å². The lowest BCUT2D eigenvalue weighted by Crippen LogP contribution is -2.37. The first-order valence-electron chi connectivity index (χ1n) is 8.50. The Bertz CT molecular complexity index is 657. The largest absolute Gasteiger partial charge is 0.352 e. The van der Waals surface area contributed by atoms with E-state index >= 15 is 0 Å². The predicted octanol–water partition coefficient (Wildman–Crippen LogP) is 1.54. The Morgan fingerprint density at radius 1 is 1.42 bits per heavy atom. The Balaban J connectivity index is 1.52. The second-order valence-electron chi connectivity index (χ2n) is 6.27. The highest BCUT2D eigenvalue weighted by molar-refractivity contribution is 5.76. The highest BCUT2D eigenvalue weighted by atomic mass is 16.1. The Morgan fingerprint density at radius 2 is 2.33 bits per heavy atom. The van der Waals surface area contributed by atoms with Gasteiger partial charge in [-0.05, 0) is 38.9 Å². The zero-order chi connectivity index (χ0) is 16.8. The van der Waals surface area contributed by atoms with Crippen LogP contribution in [0.1, 0.15) is 37.7 Å². The van der Waals surface area contributed by atoms with E-state index in [1.165, 1.54) is 25.6 Å². The molecule has 0 aromatic carbocycles. The minimum absolute atomic E-state index is 0.0855. The van der Waals surface area contributed by atoms with Crippen LogP contribution < -0.4 is 5.32 Å². The van der Waals surface area contributed by atoms with Crippen molar-refractivity contribution in [2.24, 2.45) is 0 Å². The third kappa shape index (κ3) is 4.17. The maximum Gasteiger partial charge on any atom is 0.220 e. The Hall–Kier alpha value is -2.28. The lowest BCUT2D eigenvalue weighted by Gasteiger charge is -2.32.